The quantitative estimate of drug-likeness (QED) is 0.922. The van der Waals surface area contributed by atoms with Crippen LogP contribution in [0.1, 0.15) is 11.3 Å². The lowest BCUT2D eigenvalue weighted by Gasteiger charge is -2.08. The number of aromatic nitrogens is 1. The molecule has 21 heavy (non-hydrogen) atoms. The molecule has 2 rings (SSSR count). The Bertz CT molecular complexity index is 699. The molecule has 0 aliphatic rings. The average Bonchev–Trinajstić information content (AvgIpc) is 2.47. The van der Waals surface area contributed by atoms with Crippen LogP contribution in [0.25, 0.3) is 0 Å². The van der Waals surface area contributed by atoms with Crippen molar-refractivity contribution in [3.8, 4) is 0 Å². The number of hydrogen-bond donors (Lipinski definition) is 1. The van der Waals surface area contributed by atoms with E-state index in [0.717, 1.165) is 23.4 Å². The standard InChI is InChI=1S/C14H14F2N2O2S/c1-10-2-3-12(17-8-10)9-18-11-4-6-13(7-5-11)21(19,20)14(15)16/h2-8,14,18H,9H2,1H3. The van der Waals surface area contributed by atoms with Gasteiger partial charge in [-0.2, -0.15) is 8.78 Å². The summed E-state index contributed by atoms with van der Waals surface area (Å²) in [6.45, 7) is 2.40. The molecule has 0 fully saturated rings. The SMILES string of the molecule is Cc1ccc(CNc2ccc(S(=O)(=O)C(F)F)cc2)nc1. The second-order valence-corrected chi connectivity index (χ2v) is 6.43. The Morgan fingerprint density at radius 3 is 2.33 bits per heavy atom. The Labute approximate surface area is 121 Å². The molecule has 0 atom stereocenters. The van der Waals surface area contributed by atoms with Crippen LogP contribution < -0.4 is 5.32 Å². The maximum atomic E-state index is 12.4. The molecule has 0 saturated carbocycles. The van der Waals surface area contributed by atoms with E-state index in [0.29, 0.717) is 12.2 Å². The maximum absolute atomic E-state index is 12.4. The number of nitrogens with zero attached hydrogens (tertiary/aromatic N) is 1. The molecule has 0 spiro atoms. The molecule has 1 N–H and O–H groups in total. The summed E-state index contributed by atoms with van der Waals surface area (Å²) in [6, 6.07) is 9.02. The van der Waals surface area contributed by atoms with Gasteiger partial charge in [-0.1, -0.05) is 6.07 Å². The zero-order chi connectivity index (χ0) is 15.5. The van der Waals surface area contributed by atoms with Gasteiger partial charge in [0.2, 0.25) is 9.84 Å². The van der Waals surface area contributed by atoms with Crippen LogP contribution in [0, 0.1) is 6.92 Å². The third-order valence-electron chi connectivity index (χ3n) is 2.86. The van der Waals surface area contributed by atoms with Crippen molar-refractivity contribution in [2.24, 2.45) is 0 Å². The molecule has 4 nitrogen and oxygen atoms in total. The van der Waals surface area contributed by atoms with Gasteiger partial charge in [-0.05, 0) is 42.8 Å². The number of nitrogens with one attached hydrogen (secondary N) is 1. The first-order chi connectivity index (χ1) is 9.89. The third kappa shape index (κ3) is 3.75. The number of benzene rings is 1. The number of rotatable bonds is 5. The molecule has 0 amide bonds. The monoisotopic (exact) mass is 312 g/mol. The van der Waals surface area contributed by atoms with Crippen LogP contribution in [0.4, 0.5) is 14.5 Å². The van der Waals surface area contributed by atoms with Crippen molar-refractivity contribution in [3.05, 3.63) is 53.9 Å². The molecule has 1 aromatic carbocycles. The van der Waals surface area contributed by atoms with Crippen LogP contribution in [0.15, 0.2) is 47.5 Å². The highest BCUT2D eigenvalue weighted by molar-refractivity contribution is 7.91. The van der Waals surface area contributed by atoms with E-state index in [1.165, 1.54) is 12.1 Å². The molecule has 0 radical (unpaired) electrons. The number of sulfone groups is 1. The van der Waals surface area contributed by atoms with Gasteiger partial charge in [0, 0.05) is 11.9 Å². The third-order valence-corrected chi connectivity index (χ3v) is 4.26. The van der Waals surface area contributed by atoms with Crippen molar-refractivity contribution in [2.75, 3.05) is 5.32 Å². The predicted octanol–water partition coefficient (Wildman–Crippen LogP) is 3.00. The molecule has 0 unspecified atom stereocenters. The maximum Gasteiger partial charge on any atom is 0.341 e. The number of pyridine rings is 1. The number of hydrogen-bond acceptors (Lipinski definition) is 4. The highest BCUT2D eigenvalue weighted by Gasteiger charge is 2.26. The molecular formula is C14H14F2N2O2S. The van der Waals surface area contributed by atoms with E-state index >= 15 is 0 Å². The summed E-state index contributed by atoms with van der Waals surface area (Å²) in [5.41, 5.74) is 2.51. The lowest BCUT2D eigenvalue weighted by atomic mass is 10.2. The van der Waals surface area contributed by atoms with Gasteiger partial charge in [-0.3, -0.25) is 4.98 Å². The summed E-state index contributed by atoms with van der Waals surface area (Å²) in [5.74, 6) is -3.41. The molecule has 0 aliphatic carbocycles. The molecule has 0 aliphatic heterocycles. The second kappa shape index (κ2) is 6.17. The molecule has 7 heteroatoms. The van der Waals surface area contributed by atoms with E-state index in [1.54, 1.807) is 6.20 Å². The summed E-state index contributed by atoms with van der Waals surface area (Å²) in [5, 5.41) is 3.04. The van der Waals surface area contributed by atoms with Gasteiger partial charge in [0.05, 0.1) is 17.1 Å². The van der Waals surface area contributed by atoms with Crippen LogP contribution in [-0.2, 0) is 16.4 Å². The highest BCUT2D eigenvalue weighted by atomic mass is 32.2. The van der Waals surface area contributed by atoms with Gasteiger partial charge in [0.25, 0.3) is 0 Å². The number of anilines is 1. The first-order valence-corrected chi connectivity index (χ1v) is 7.72. The topological polar surface area (TPSA) is 59.1 Å². The minimum atomic E-state index is -4.54. The van der Waals surface area contributed by atoms with E-state index in [1.807, 2.05) is 19.1 Å². The minimum Gasteiger partial charge on any atom is -0.379 e. The Morgan fingerprint density at radius 1 is 1.14 bits per heavy atom. The first kappa shape index (κ1) is 15.4. The van der Waals surface area contributed by atoms with E-state index in [-0.39, 0.29) is 0 Å². The van der Waals surface area contributed by atoms with Gasteiger partial charge < -0.3 is 5.32 Å². The minimum absolute atomic E-state index is 0.392. The van der Waals surface area contributed by atoms with Crippen LogP contribution >= 0.6 is 0 Å². The lowest BCUT2D eigenvalue weighted by molar-refractivity contribution is 0.234. The van der Waals surface area contributed by atoms with Gasteiger partial charge in [-0.25, -0.2) is 8.42 Å². The molecule has 2 aromatic rings. The summed E-state index contributed by atoms with van der Waals surface area (Å²) < 4.78 is 47.3. The number of halogens is 2. The van der Waals surface area contributed by atoms with Gasteiger partial charge in [0.1, 0.15) is 0 Å². The Balaban J connectivity index is 2.05. The molecule has 1 heterocycles. The summed E-state index contributed by atoms with van der Waals surface area (Å²) in [6.07, 6.45) is 1.75. The number of aryl methyl sites for hydroxylation is 1. The summed E-state index contributed by atoms with van der Waals surface area (Å²) >= 11 is 0. The molecule has 1 aromatic heterocycles. The first-order valence-electron chi connectivity index (χ1n) is 6.17. The molecule has 0 bridgehead atoms. The fraction of sp³-hybridized carbons (Fsp3) is 0.214. The second-order valence-electron chi connectivity index (χ2n) is 4.51. The number of alkyl halides is 2. The zero-order valence-electron chi connectivity index (χ0n) is 11.3. The van der Waals surface area contributed by atoms with E-state index in [2.05, 4.69) is 10.3 Å². The van der Waals surface area contributed by atoms with Crippen molar-refractivity contribution < 1.29 is 17.2 Å². The van der Waals surface area contributed by atoms with Crippen molar-refractivity contribution in [2.45, 2.75) is 24.1 Å². The highest BCUT2D eigenvalue weighted by Crippen LogP contribution is 2.20. The van der Waals surface area contributed by atoms with Gasteiger partial charge in [0.15, 0.2) is 0 Å². The Hall–Kier alpha value is -2.02. The van der Waals surface area contributed by atoms with Crippen LogP contribution in [0.5, 0.6) is 0 Å². The average molecular weight is 312 g/mol. The van der Waals surface area contributed by atoms with Crippen LogP contribution in [0.3, 0.4) is 0 Å². The van der Waals surface area contributed by atoms with Crippen molar-refractivity contribution in [1.82, 2.24) is 4.98 Å². The predicted molar refractivity (Wildman–Crippen MR) is 75.9 cm³/mol. The van der Waals surface area contributed by atoms with Crippen molar-refractivity contribution in [3.63, 3.8) is 0 Å². The molecule has 112 valence electrons. The summed E-state index contributed by atoms with van der Waals surface area (Å²) in [7, 11) is -4.54. The van der Waals surface area contributed by atoms with E-state index < -0.39 is 20.5 Å². The lowest BCUT2D eigenvalue weighted by Crippen LogP contribution is -2.11. The summed E-state index contributed by atoms with van der Waals surface area (Å²) in [4.78, 5) is 3.82. The normalized spacial score (nSPS) is 11.6. The largest absolute Gasteiger partial charge is 0.379 e. The van der Waals surface area contributed by atoms with Crippen LogP contribution in [-0.4, -0.2) is 19.2 Å². The molecular weight excluding hydrogens is 298 g/mol. The van der Waals surface area contributed by atoms with Gasteiger partial charge in [-0.15, -0.1) is 0 Å². The zero-order valence-corrected chi connectivity index (χ0v) is 12.1. The van der Waals surface area contributed by atoms with Crippen molar-refractivity contribution in [1.29, 1.82) is 0 Å². The van der Waals surface area contributed by atoms with E-state index in [9.17, 15) is 17.2 Å². The Morgan fingerprint density at radius 2 is 1.81 bits per heavy atom. The van der Waals surface area contributed by atoms with Crippen molar-refractivity contribution >= 4 is 15.5 Å². The van der Waals surface area contributed by atoms with Crippen LogP contribution in [0.2, 0.25) is 0 Å². The Kier molecular flexibility index (Phi) is 4.52. The fourth-order valence-electron chi connectivity index (χ4n) is 1.66. The molecule has 0 saturated heterocycles. The smallest absolute Gasteiger partial charge is 0.341 e. The fourth-order valence-corrected chi connectivity index (χ4v) is 2.38. The van der Waals surface area contributed by atoms with E-state index in [4.69, 9.17) is 0 Å². The van der Waals surface area contributed by atoms with Gasteiger partial charge >= 0.3 is 5.76 Å².